The maximum atomic E-state index is 5.10. The molecule has 0 spiro atoms. The molecule has 0 bridgehead atoms. The Morgan fingerprint density at radius 3 is 1.13 bits per heavy atom. The third-order valence-corrected chi connectivity index (χ3v) is 11.5. The van der Waals surface area contributed by atoms with Gasteiger partial charge in [-0.05, 0) is 87.0 Å². The molecular formula is C57H38N4. The van der Waals surface area contributed by atoms with E-state index in [9.17, 15) is 0 Å². The molecule has 61 heavy (non-hydrogen) atoms. The zero-order chi connectivity index (χ0) is 40.5. The summed E-state index contributed by atoms with van der Waals surface area (Å²) in [6.07, 6.45) is 0. The molecule has 11 aromatic rings. The van der Waals surface area contributed by atoms with Gasteiger partial charge in [0.25, 0.3) is 0 Å². The van der Waals surface area contributed by atoms with E-state index in [1.807, 2.05) is 12.1 Å². The highest BCUT2D eigenvalue weighted by molar-refractivity contribution is 6.10. The van der Waals surface area contributed by atoms with E-state index < -0.39 is 0 Å². The van der Waals surface area contributed by atoms with Gasteiger partial charge in [0, 0.05) is 33.2 Å². The summed E-state index contributed by atoms with van der Waals surface area (Å²) in [5.41, 5.74) is 15.5. The first-order valence-corrected chi connectivity index (χ1v) is 20.6. The lowest BCUT2D eigenvalue weighted by molar-refractivity contribution is 1.07. The van der Waals surface area contributed by atoms with Crippen molar-refractivity contribution in [2.75, 3.05) is 0 Å². The number of para-hydroxylation sites is 1. The van der Waals surface area contributed by atoms with Gasteiger partial charge in [0.05, 0.1) is 11.0 Å². The average molecular weight is 779 g/mol. The first kappa shape index (κ1) is 35.9. The van der Waals surface area contributed by atoms with E-state index in [0.717, 1.165) is 55.8 Å². The molecule has 0 amide bonds. The zero-order valence-corrected chi connectivity index (χ0v) is 33.2. The molecule has 2 aromatic heterocycles. The predicted octanol–water partition coefficient (Wildman–Crippen LogP) is 14.6. The average Bonchev–Trinajstić information content (AvgIpc) is 3.68. The van der Waals surface area contributed by atoms with Gasteiger partial charge < -0.3 is 4.57 Å². The lowest BCUT2D eigenvalue weighted by atomic mass is 10.0. The van der Waals surface area contributed by atoms with Crippen LogP contribution in [0.25, 0.3) is 106 Å². The summed E-state index contributed by atoms with van der Waals surface area (Å²) in [4.78, 5) is 15.3. The quantitative estimate of drug-likeness (QED) is 0.154. The van der Waals surface area contributed by atoms with Crippen LogP contribution in [-0.2, 0) is 0 Å². The van der Waals surface area contributed by atoms with E-state index in [1.54, 1.807) is 0 Å². The molecule has 0 unspecified atom stereocenters. The molecule has 286 valence electrons. The molecule has 0 N–H and O–H groups in total. The standard InChI is InChI=1S/C57H38N4/c1-4-14-39(15-5-1)45-20-12-22-48(36-45)56-58-55(59-57(60-56)49-23-13-21-46(37-49)40-16-6-2-7-17-40)44-28-26-42(27-29-44)43-30-33-50(34-31-43)61-53-25-11-10-24-51(53)52-38-47(32-35-54(52)61)41-18-8-3-9-19-41/h1-38H. The number of hydrogen-bond donors (Lipinski definition) is 0. The van der Waals surface area contributed by atoms with Crippen molar-refractivity contribution in [3.05, 3.63) is 231 Å². The van der Waals surface area contributed by atoms with E-state index in [-0.39, 0.29) is 0 Å². The van der Waals surface area contributed by atoms with E-state index >= 15 is 0 Å². The summed E-state index contributed by atoms with van der Waals surface area (Å²) in [6, 6.07) is 81.1. The highest BCUT2D eigenvalue weighted by Crippen LogP contribution is 2.36. The SMILES string of the molecule is c1ccc(-c2cccc(-c3nc(-c4ccc(-c5ccc(-n6c7ccccc7c7cc(-c8ccccc8)ccc76)cc5)cc4)nc(-c4cccc(-c5ccccc5)c4)n3)c2)cc1. The van der Waals surface area contributed by atoms with Crippen molar-refractivity contribution in [2.24, 2.45) is 0 Å². The number of rotatable bonds is 8. The van der Waals surface area contributed by atoms with Gasteiger partial charge in [-0.2, -0.15) is 0 Å². The van der Waals surface area contributed by atoms with Crippen molar-refractivity contribution >= 4 is 21.8 Å². The minimum atomic E-state index is 0.624. The van der Waals surface area contributed by atoms with Crippen molar-refractivity contribution in [1.29, 1.82) is 0 Å². The van der Waals surface area contributed by atoms with Crippen LogP contribution in [0.5, 0.6) is 0 Å². The van der Waals surface area contributed by atoms with Crippen molar-refractivity contribution in [3.63, 3.8) is 0 Å². The summed E-state index contributed by atoms with van der Waals surface area (Å²) in [5.74, 6) is 1.88. The van der Waals surface area contributed by atoms with Crippen molar-refractivity contribution in [2.45, 2.75) is 0 Å². The van der Waals surface area contributed by atoms with Gasteiger partial charge in [-0.3, -0.25) is 0 Å². The van der Waals surface area contributed by atoms with Crippen LogP contribution in [0.2, 0.25) is 0 Å². The van der Waals surface area contributed by atoms with Gasteiger partial charge >= 0.3 is 0 Å². The zero-order valence-electron chi connectivity index (χ0n) is 33.2. The number of nitrogens with zero attached hydrogens (tertiary/aromatic N) is 4. The second-order valence-corrected chi connectivity index (χ2v) is 15.3. The minimum Gasteiger partial charge on any atom is -0.309 e. The Balaban J connectivity index is 0.946. The van der Waals surface area contributed by atoms with E-state index in [0.29, 0.717) is 17.5 Å². The summed E-state index contributed by atoms with van der Waals surface area (Å²) in [7, 11) is 0. The van der Waals surface area contributed by atoms with Gasteiger partial charge in [-0.1, -0.05) is 188 Å². The molecule has 0 saturated carbocycles. The molecule has 0 radical (unpaired) electrons. The molecule has 0 aliphatic carbocycles. The smallest absolute Gasteiger partial charge is 0.164 e. The Bertz CT molecular complexity index is 3220. The molecule has 4 heteroatoms. The second kappa shape index (κ2) is 15.5. The highest BCUT2D eigenvalue weighted by atomic mass is 15.0. The third kappa shape index (κ3) is 6.96. The van der Waals surface area contributed by atoms with Crippen LogP contribution >= 0.6 is 0 Å². The van der Waals surface area contributed by atoms with Gasteiger partial charge in [0.1, 0.15) is 0 Å². The lowest BCUT2D eigenvalue weighted by Crippen LogP contribution is -2.00. The van der Waals surface area contributed by atoms with Gasteiger partial charge in [-0.15, -0.1) is 0 Å². The Kier molecular flexibility index (Phi) is 9.14. The Morgan fingerprint density at radius 1 is 0.230 bits per heavy atom. The normalized spacial score (nSPS) is 11.3. The van der Waals surface area contributed by atoms with Crippen LogP contribution in [0.3, 0.4) is 0 Å². The molecule has 0 saturated heterocycles. The predicted molar refractivity (Wildman–Crippen MR) is 252 cm³/mol. The fraction of sp³-hybridized carbons (Fsp3) is 0. The Morgan fingerprint density at radius 2 is 0.590 bits per heavy atom. The molecule has 9 aromatic carbocycles. The number of benzene rings is 9. The van der Waals surface area contributed by atoms with Crippen LogP contribution in [0.1, 0.15) is 0 Å². The van der Waals surface area contributed by atoms with Crippen molar-refractivity contribution < 1.29 is 0 Å². The summed E-state index contributed by atoms with van der Waals surface area (Å²) < 4.78 is 2.37. The molecular weight excluding hydrogens is 741 g/mol. The van der Waals surface area contributed by atoms with E-state index in [2.05, 4.69) is 223 Å². The van der Waals surface area contributed by atoms with E-state index in [1.165, 1.54) is 32.9 Å². The summed E-state index contributed by atoms with van der Waals surface area (Å²) in [5, 5.41) is 2.49. The number of fused-ring (bicyclic) bond motifs is 3. The maximum Gasteiger partial charge on any atom is 0.164 e. The molecule has 0 fully saturated rings. The highest BCUT2D eigenvalue weighted by Gasteiger charge is 2.16. The molecule has 4 nitrogen and oxygen atoms in total. The van der Waals surface area contributed by atoms with Crippen LogP contribution in [-0.4, -0.2) is 19.5 Å². The van der Waals surface area contributed by atoms with E-state index in [4.69, 9.17) is 15.0 Å². The minimum absolute atomic E-state index is 0.624. The Hall–Kier alpha value is -8.21. The van der Waals surface area contributed by atoms with Crippen LogP contribution in [0.4, 0.5) is 0 Å². The molecule has 2 heterocycles. The monoisotopic (exact) mass is 778 g/mol. The topological polar surface area (TPSA) is 43.6 Å². The van der Waals surface area contributed by atoms with Gasteiger partial charge in [0.15, 0.2) is 17.5 Å². The summed E-state index contributed by atoms with van der Waals surface area (Å²) in [6.45, 7) is 0. The van der Waals surface area contributed by atoms with Crippen molar-refractivity contribution in [3.8, 4) is 84.4 Å². The largest absolute Gasteiger partial charge is 0.309 e. The van der Waals surface area contributed by atoms with Gasteiger partial charge in [-0.25, -0.2) is 15.0 Å². The molecule has 0 atom stereocenters. The number of aromatic nitrogens is 4. The molecule has 11 rings (SSSR count). The maximum absolute atomic E-state index is 5.10. The lowest BCUT2D eigenvalue weighted by Gasteiger charge is -2.11. The first-order chi connectivity index (χ1) is 30.2. The van der Waals surface area contributed by atoms with Crippen LogP contribution < -0.4 is 0 Å². The fourth-order valence-electron chi connectivity index (χ4n) is 8.38. The van der Waals surface area contributed by atoms with Crippen LogP contribution in [0, 0.1) is 0 Å². The third-order valence-electron chi connectivity index (χ3n) is 11.5. The number of hydrogen-bond acceptors (Lipinski definition) is 3. The van der Waals surface area contributed by atoms with Crippen molar-refractivity contribution in [1.82, 2.24) is 19.5 Å². The second-order valence-electron chi connectivity index (χ2n) is 15.3. The first-order valence-electron chi connectivity index (χ1n) is 20.6. The van der Waals surface area contributed by atoms with Gasteiger partial charge in [0.2, 0.25) is 0 Å². The summed E-state index contributed by atoms with van der Waals surface area (Å²) >= 11 is 0. The molecule has 0 aliphatic rings. The molecule has 0 aliphatic heterocycles. The fourth-order valence-corrected chi connectivity index (χ4v) is 8.38. The Labute approximate surface area is 354 Å². The van der Waals surface area contributed by atoms with Crippen LogP contribution in [0.15, 0.2) is 231 Å².